The fourth-order valence-corrected chi connectivity index (χ4v) is 0.532. The van der Waals surface area contributed by atoms with Crippen LogP contribution in [0.15, 0.2) is 0 Å². The summed E-state index contributed by atoms with van der Waals surface area (Å²) in [6.45, 7) is 2.97. The van der Waals surface area contributed by atoms with Gasteiger partial charge in [-0.2, -0.15) is 0 Å². The molecule has 1 nitrogen and oxygen atoms in total. The SMILES string of the molecule is [B]CC(C)NCC(F)(F)CC. The van der Waals surface area contributed by atoms with Crippen LogP contribution in [0.3, 0.4) is 0 Å². The number of halogens is 2. The fraction of sp³-hybridized carbons (Fsp3) is 1.00. The normalized spacial score (nSPS) is 14.9. The van der Waals surface area contributed by atoms with Crippen LogP contribution < -0.4 is 5.32 Å². The molecule has 0 aromatic heterocycles. The molecule has 4 heteroatoms. The minimum Gasteiger partial charge on any atom is -0.309 e. The Morgan fingerprint density at radius 2 is 2.09 bits per heavy atom. The first-order valence-electron chi connectivity index (χ1n) is 3.83. The standard InChI is InChI=1S/C7H14BF2N/c1-3-7(9,10)5-11-6(2)4-8/h6,11H,3-5H2,1-2H3. The number of hydrogen-bond acceptors (Lipinski definition) is 1. The highest BCUT2D eigenvalue weighted by Gasteiger charge is 2.25. The number of alkyl halides is 2. The van der Waals surface area contributed by atoms with Crippen molar-refractivity contribution in [1.82, 2.24) is 5.32 Å². The van der Waals surface area contributed by atoms with E-state index in [1.807, 2.05) is 0 Å². The minimum absolute atomic E-state index is 0.0348. The Kier molecular flexibility index (Phi) is 4.65. The number of hydrogen-bond donors (Lipinski definition) is 1. The van der Waals surface area contributed by atoms with Crippen molar-refractivity contribution in [3.05, 3.63) is 0 Å². The Morgan fingerprint density at radius 1 is 1.55 bits per heavy atom. The van der Waals surface area contributed by atoms with Gasteiger partial charge in [0.15, 0.2) is 0 Å². The van der Waals surface area contributed by atoms with Gasteiger partial charge in [0.25, 0.3) is 5.92 Å². The largest absolute Gasteiger partial charge is 0.309 e. The molecule has 0 aliphatic heterocycles. The summed E-state index contributed by atoms with van der Waals surface area (Å²) in [5.74, 6) is -2.59. The van der Waals surface area contributed by atoms with Crippen molar-refractivity contribution in [2.24, 2.45) is 0 Å². The first-order chi connectivity index (χ1) is 5.02. The Labute approximate surface area is 68.0 Å². The molecule has 0 aromatic rings. The Balaban J connectivity index is 3.52. The van der Waals surface area contributed by atoms with Crippen LogP contribution in [0.5, 0.6) is 0 Å². The highest BCUT2D eigenvalue weighted by Crippen LogP contribution is 2.16. The molecule has 1 atom stereocenters. The molecule has 64 valence electrons. The Morgan fingerprint density at radius 3 is 2.45 bits per heavy atom. The van der Waals surface area contributed by atoms with Crippen molar-refractivity contribution < 1.29 is 8.78 Å². The molecule has 0 rings (SSSR count). The molecule has 0 heterocycles. The van der Waals surface area contributed by atoms with Gasteiger partial charge >= 0.3 is 0 Å². The molecule has 0 saturated carbocycles. The van der Waals surface area contributed by atoms with Crippen LogP contribution in [-0.2, 0) is 0 Å². The van der Waals surface area contributed by atoms with Crippen molar-refractivity contribution >= 4 is 7.85 Å². The van der Waals surface area contributed by atoms with Crippen LogP contribution in [0.1, 0.15) is 20.3 Å². The van der Waals surface area contributed by atoms with Crippen molar-refractivity contribution in [2.75, 3.05) is 6.54 Å². The van der Waals surface area contributed by atoms with Gasteiger partial charge in [-0.3, -0.25) is 0 Å². The first-order valence-corrected chi connectivity index (χ1v) is 3.83. The quantitative estimate of drug-likeness (QED) is 0.603. The third-order valence-electron chi connectivity index (χ3n) is 1.58. The van der Waals surface area contributed by atoms with Crippen LogP contribution >= 0.6 is 0 Å². The second kappa shape index (κ2) is 4.70. The Bertz CT molecular complexity index is 109. The predicted molar refractivity (Wildman–Crippen MR) is 43.3 cm³/mol. The van der Waals surface area contributed by atoms with E-state index in [9.17, 15) is 8.78 Å². The molecule has 0 saturated heterocycles. The molecule has 0 aromatic carbocycles. The fourth-order valence-electron chi connectivity index (χ4n) is 0.532. The van der Waals surface area contributed by atoms with E-state index < -0.39 is 5.92 Å². The van der Waals surface area contributed by atoms with Crippen LogP contribution in [0, 0.1) is 0 Å². The highest BCUT2D eigenvalue weighted by atomic mass is 19.3. The number of nitrogens with one attached hydrogen (secondary N) is 1. The van der Waals surface area contributed by atoms with E-state index in [0.717, 1.165) is 0 Å². The topological polar surface area (TPSA) is 12.0 Å². The molecule has 0 aliphatic rings. The zero-order valence-corrected chi connectivity index (χ0v) is 7.03. The third-order valence-corrected chi connectivity index (χ3v) is 1.58. The van der Waals surface area contributed by atoms with E-state index in [1.165, 1.54) is 6.92 Å². The van der Waals surface area contributed by atoms with E-state index in [2.05, 4.69) is 5.32 Å². The van der Waals surface area contributed by atoms with Crippen molar-refractivity contribution in [1.29, 1.82) is 0 Å². The summed E-state index contributed by atoms with van der Waals surface area (Å²) >= 11 is 0. The van der Waals surface area contributed by atoms with Gasteiger partial charge in [-0.05, 0) is 6.04 Å². The summed E-state index contributed by atoms with van der Waals surface area (Å²) in [7, 11) is 5.24. The summed E-state index contributed by atoms with van der Waals surface area (Å²) in [6.07, 6.45) is 0.261. The molecule has 0 fully saturated rings. The molecule has 0 bridgehead atoms. The molecule has 0 aliphatic carbocycles. The average molecular weight is 161 g/mol. The predicted octanol–water partition coefficient (Wildman–Crippen LogP) is 1.60. The highest BCUT2D eigenvalue weighted by molar-refractivity contribution is 6.08. The summed E-state index contributed by atoms with van der Waals surface area (Å²) < 4.78 is 25.1. The summed E-state index contributed by atoms with van der Waals surface area (Å²) in [4.78, 5) is 0. The van der Waals surface area contributed by atoms with Gasteiger partial charge in [0.1, 0.15) is 0 Å². The lowest BCUT2D eigenvalue weighted by Crippen LogP contribution is -2.37. The van der Waals surface area contributed by atoms with E-state index >= 15 is 0 Å². The van der Waals surface area contributed by atoms with Crippen molar-refractivity contribution in [2.45, 2.75) is 38.6 Å². The number of rotatable bonds is 5. The second-order valence-corrected chi connectivity index (χ2v) is 2.73. The summed E-state index contributed by atoms with van der Waals surface area (Å²) in [5.41, 5.74) is 0. The van der Waals surface area contributed by atoms with Gasteiger partial charge in [0.05, 0.1) is 14.4 Å². The Hall–Kier alpha value is -0.115. The van der Waals surface area contributed by atoms with E-state index in [-0.39, 0.29) is 19.0 Å². The molecule has 1 unspecified atom stereocenters. The van der Waals surface area contributed by atoms with Crippen LogP contribution in [0.4, 0.5) is 8.78 Å². The van der Waals surface area contributed by atoms with Crippen LogP contribution in [0.2, 0.25) is 6.32 Å². The smallest absolute Gasteiger partial charge is 0.260 e. The first kappa shape index (κ1) is 10.9. The molecule has 0 spiro atoms. The zero-order chi connectivity index (χ0) is 8.91. The summed E-state index contributed by atoms with van der Waals surface area (Å²) in [6, 6.07) is -0.0348. The molecule has 1 N–H and O–H groups in total. The van der Waals surface area contributed by atoms with Crippen molar-refractivity contribution in [3.63, 3.8) is 0 Å². The summed E-state index contributed by atoms with van der Waals surface area (Å²) in [5, 5.41) is 2.65. The van der Waals surface area contributed by atoms with Gasteiger partial charge in [-0.15, -0.1) is 0 Å². The zero-order valence-electron chi connectivity index (χ0n) is 7.03. The van der Waals surface area contributed by atoms with Gasteiger partial charge in [-0.1, -0.05) is 20.2 Å². The van der Waals surface area contributed by atoms with Crippen molar-refractivity contribution in [3.8, 4) is 0 Å². The van der Waals surface area contributed by atoms with Crippen LogP contribution in [0.25, 0.3) is 0 Å². The lowest BCUT2D eigenvalue weighted by molar-refractivity contribution is -0.00319. The molecule has 0 amide bonds. The third kappa shape index (κ3) is 5.19. The van der Waals surface area contributed by atoms with E-state index in [4.69, 9.17) is 7.85 Å². The molecule has 2 radical (unpaired) electrons. The minimum atomic E-state index is -2.59. The van der Waals surface area contributed by atoms with E-state index in [1.54, 1.807) is 6.92 Å². The average Bonchev–Trinajstić information content (AvgIpc) is 2.00. The maximum absolute atomic E-state index is 12.5. The van der Waals surface area contributed by atoms with Gasteiger partial charge in [0.2, 0.25) is 0 Å². The van der Waals surface area contributed by atoms with Crippen LogP contribution in [-0.4, -0.2) is 26.4 Å². The van der Waals surface area contributed by atoms with Gasteiger partial charge < -0.3 is 5.32 Å². The van der Waals surface area contributed by atoms with E-state index in [0.29, 0.717) is 6.32 Å². The molecule has 11 heavy (non-hydrogen) atoms. The lowest BCUT2D eigenvalue weighted by Gasteiger charge is -2.18. The monoisotopic (exact) mass is 161 g/mol. The molecular weight excluding hydrogens is 147 g/mol. The maximum Gasteiger partial charge on any atom is 0.260 e. The lowest BCUT2D eigenvalue weighted by atomic mass is 9.98. The molecular formula is C7H14BF2N. The second-order valence-electron chi connectivity index (χ2n) is 2.73. The van der Waals surface area contributed by atoms with Gasteiger partial charge in [0, 0.05) is 6.42 Å². The van der Waals surface area contributed by atoms with Gasteiger partial charge in [-0.25, -0.2) is 8.78 Å². The maximum atomic E-state index is 12.5.